The van der Waals surface area contributed by atoms with Crippen molar-refractivity contribution >= 4 is 11.6 Å². The fourth-order valence-corrected chi connectivity index (χ4v) is 3.88. The van der Waals surface area contributed by atoms with Crippen LogP contribution in [0.15, 0.2) is 48.7 Å². The molecule has 1 aromatic heterocycles. The molecule has 0 radical (unpaired) electrons. The Morgan fingerprint density at radius 2 is 1.86 bits per heavy atom. The minimum absolute atomic E-state index is 0.105. The van der Waals surface area contributed by atoms with Crippen molar-refractivity contribution in [3.8, 4) is 0 Å². The molecule has 2 fully saturated rings. The summed E-state index contributed by atoms with van der Waals surface area (Å²) in [4.78, 5) is 21.5. The summed E-state index contributed by atoms with van der Waals surface area (Å²) < 4.78 is 12.5. The van der Waals surface area contributed by atoms with E-state index in [1.165, 1.54) is 5.56 Å². The SMILES string of the molecule is O=C(NC1(Cc2ccccc2)CC1)c1cc(N2CCN(CCF)CC2)ccn1. The van der Waals surface area contributed by atoms with Crippen molar-refractivity contribution in [2.45, 2.75) is 24.8 Å². The molecule has 28 heavy (non-hydrogen) atoms. The van der Waals surface area contributed by atoms with Gasteiger partial charge in [0.25, 0.3) is 5.91 Å². The van der Waals surface area contributed by atoms with Gasteiger partial charge in [0.05, 0.1) is 0 Å². The first kappa shape index (κ1) is 18.9. The summed E-state index contributed by atoms with van der Waals surface area (Å²) in [5, 5.41) is 3.22. The van der Waals surface area contributed by atoms with E-state index in [0.29, 0.717) is 12.2 Å². The summed E-state index contributed by atoms with van der Waals surface area (Å²) in [6.07, 6.45) is 4.57. The van der Waals surface area contributed by atoms with Crippen LogP contribution >= 0.6 is 0 Å². The van der Waals surface area contributed by atoms with E-state index in [-0.39, 0.29) is 18.1 Å². The number of rotatable bonds is 7. The minimum atomic E-state index is -0.301. The van der Waals surface area contributed by atoms with Gasteiger partial charge in [-0.25, -0.2) is 4.39 Å². The predicted octanol–water partition coefficient (Wildman–Crippen LogP) is 2.68. The second kappa shape index (κ2) is 8.27. The highest BCUT2D eigenvalue weighted by atomic mass is 19.1. The fraction of sp³-hybridized carbons (Fsp3) is 0.455. The van der Waals surface area contributed by atoms with E-state index in [0.717, 1.165) is 51.1 Å². The summed E-state index contributed by atoms with van der Waals surface area (Å²) in [6.45, 7) is 3.56. The van der Waals surface area contributed by atoms with Crippen LogP contribution in [0, 0.1) is 0 Å². The van der Waals surface area contributed by atoms with E-state index in [4.69, 9.17) is 0 Å². The number of pyridine rings is 1. The maximum absolute atomic E-state index is 12.8. The number of carbonyl (C=O) groups is 1. The number of amides is 1. The molecule has 0 bridgehead atoms. The van der Waals surface area contributed by atoms with Crippen LogP contribution in [0.25, 0.3) is 0 Å². The third-order valence-corrected chi connectivity index (χ3v) is 5.73. The second-order valence-electron chi connectivity index (χ2n) is 7.81. The summed E-state index contributed by atoms with van der Waals surface area (Å²) in [6, 6.07) is 14.1. The molecule has 2 heterocycles. The zero-order valence-corrected chi connectivity index (χ0v) is 16.1. The van der Waals surface area contributed by atoms with Gasteiger partial charge in [-0.2, -0.15) is 0 Å². The first-order chi connectivity index (χ1) is 13.7. The average molecular weight is 382 g/mol. The standard InChI is InChI=1S/C22H27FN4O/c23-9-11-26-12-14-27(15-13-26)19-6-10-24-20(16-19)21(28)25-22(7-8-22)17-18-4-2-1-3-5-18/h1-6,10,16H,7-9,11-15,17H2,(H,25,28). The Morgan fingerprint density at radius 3 is 2.54 bits per heavy atom. The van der Waals surface area contributed by atoms with Crippen LogP contribution < -0.4 is 10.2 Å². The maximum Gasteiger partial charge on any atom is 0.270 e. The van der Waals surface area contributed by atoms with Gasteiger partial charge in [-0.1, -0.05) is 30.3 Å². The van der Waals surface area contributed by atoms with Gasteiger partial charge in [-0.15, -0.1) is 0 Å². The number of anilines is 1. The molecule has 0 spiro atoms. The van der Waals surface area contributed by atoms with Crippen molar-refractivity contribution in [2.24, 2.45) is 0 Å². The van der Waals surface area contributed by atoms with Gasteiger partial charge in [0.15, 0.2) is 0 Å². The lowest BCUT2D eigenvalue weighted by molar-refractivity contribution is 0.0926. The van der Waals surface area contributed by atoms with E-state index in [9.17, 15) is 9.18 Å². The molecule has 0 unspecified atom stereocenters. The van der Waals surface area contributed by atoms with E-state index in [1.54, 1.807) is 6.20 Å². The average Bonchev–Trinajstić information content (AvgIpc) is 3.48. The van der Waals surface area contributed by atoms with Crippen LogP contribution in [0.3, 0.4) is 0 Å². The van der Waals surface area contributed by atoms with E-state index in [2.05, 4.69) is 32.2 Å². The van der Waals surface area contributed by atoms with Gasteiger partial charge in [0, 0.05) is 50.1 Å². The largest absolute Gasteiger partial charge is 0.369 e. The quantitative estimate of drug-likeness (QED) is 0.800. The lowest BCUT2D eigenvalue weighted by Crippen LogP contribution is -2.47. The fourth-order valence-electron chi connectivity index (χ4n) is 3.88. The first-order valence-electron chi connectivity index (χ1n) is 10.0. The number of carbonyl (C=O) groups excluding carboxylic acids is 1. The van der Waals surface area contributed by atoms with Gasteiger partial charge < -0.3 is 10.2 Å². The topological polar surface area (TPSA) is 48.5 Å². The summed E-state index contributed by atoms with van der Waals surface area (Å²) in [5.74, 6) is -0.105. The molecule has 1 N–H and O–H groups in total. The number of alkyl halides is 1. The molecule has 1 saturated heterocycles. The van der Waals surface area contributed by atoms with Gasteiger partial charge in [0.1, 0.15) is 12.4 Å². The van der Waals surface area contributed by atoms with Crippen LogP contribution in [0.2, 0.25) is 0 Å². The number of hydrogen-bond donors (Lipinski definition) is 1. The van der Waals surface area contributed by atoms with Crippen LogP contribution in [-0.4, -0.2) is 60.7 Å². The van der Waals surface area contributed by atoms with Crippen LogP contribution in [-0.2, 0) is 6.42 Å². The summed E-state index contributed by atoms with van der Waals surface area (Å²) in [5.41, 5.74) is 2.58. The van der Waals surface area contributed by atoms with E-state index < -0.39 is 0 Å². The number of halogens is 1. The van der Waals surface area contributed by atoms with Crippen molar-refractivity contribution in [3.63, 3.8) is 0 Å². The Morgan fingerprint density at radius 1 is 1.11 bits per heavy atom. The third kappa shape index (κ3) is 4.50. The molecule has 1 saturated carbocycles. The van der Waals surface area contributed by atoms with Gasteiger partial charge in [-0.05, 0) is 37.0 Å². The Balaban J connectivity index is 1.38. The van der Waals surface area contributed by atoms with Gasteiger partial charge in [-0.3, -0.25) is 14.7 Å². The van der Waals surface area contributed by atoms with Crippen molar-refractivity contribution < 1.29 is 9.18 Å². The molecular weight excluding hydrogens is 355 g/mol. The number of nitrogens with one attached hydrogen (secondary N) is 1. The number of benzene rings is 1. The van der Waals surface area contributed by atoms with E-state index >= 15 is 0 Å². The normalized spacial score (nSPS) is 18.7. The van der Waals surface area contributed by atoms with Crippen molar-refractivity contribution in [1.29, 1.82) is 0 Å². The molecule has 5 nitrogen and oxygen atoms in total. The molecule has 2 aromatic rings. The summed E-state index contributed by atoms with van der Waals surface area (Å²) >= 11 is 0. The summed E-state index contributed by atoms with van der Waals surface area (Å²) in [7, 11) is 0. The van der Waals surface area contributed by atoms with Crippen LogP contribution in [0.4, 0.5) is 10.1 Å². The second-order valence-corrected chi connectivity index (χ2v) is 7.81. The molecule has 4 rings (SSSR count). The first-order valence-corrected chi connectivity index (χ1v) is 10.0. The molecule has 0 atom stereocenters. The molecule has 6 heteroatoms. The van der Waals surface area contributed by atoms with Crippen molar-refractivity contribution in [3.05, 3.63) is 59.9 Å². The van der Waals surface area contributed by atoms with E-state index in [1.807, 2.05) is 30.3 Å². The lowest BCUT2D eigenvalue weighted by Gasteiger charge is -2.35. The van der Waals surface area contributed by atoms with Gasteiger partial charge >= 0.3 is 0 Å². The molecule has 1 aromatic carbocycles. The Hall–Kier alpha value is -2.47. The smallest absolute Gasteiger partial charge is 0.270 e. The highest BCUT2D eigenvalue weighted by Gasteiger charge is 2.44. The number of nitrogens with zero attached hydrogens (tertiary/aromatic N) is 3. The predicted molar refractivity (Wildman–Crippen MR) is 108 cm³/mol. The minimum Gasteiger partial charge on any atom is -0.369 e. The van der Waals surface area contributed by atoms with Gasteiger partial charge in [0.2, 0.25) is 0 Å². The molecule has 2 aliphatic rings. The molecule has 148 valence electrons. The molecule has 1 aliphatic heterocycles. The van der Waals surface area contributed by atoms with Crippen molar-refractivity contribution in [1.82, 2.24) is 15.2 Å². The lowest BCUT2D eigenvalue weighted by atomic mass is 10.0. The molecule has 1 aliphatic carbocycles. The Kier molecular flexibility index (Phi) is 5.57. The Labute approximate surface area is 165 Å². The van der Waals surface area contributed by atoms with Crippen LogP contribution in [0.5, 0.6) is 0 Å². The third-order valence-electron chi connectivity index (χ3n) is 5.73. The number of hydrogen-bond acceptors (Lipinski definition) is 4. The molecule has 1 amide bonds. The highest BCUT2D eigenvalue weighted by molar-refractivity contribution is 5.94. The monoisotopic (exact) mass is 382 g/mol. The number of piperazine rings is 1. The Bertz CT molecular complexity index is 801. The maximum atomic E-state index is 12.8. The number of aromatic nitrogens is 1. The van der Waals surface area contributed by atoms with Crippen LogP contribution in [0.1, 0.15) is 28.9 Å². The highest BCUT2D eigenvalue weighted by Crippen LogP contribution is 2.38. The van der Waals surface area contributed by atoms with Crippen molar-refractivity contribution in [2.75, 3.05) is 44.3 Å². The zero-order valence-electron chi connectivity index (χ0n) is 16.1. The molecular formula is C22H27FN4O. The zero-order chi connectivity index (χ0) is 19.4.